The molecule has 1 saturated heterocycles. The highest BCUT2D eigenvalue weighted by Crippen LogP contribution is 2.35. The second-order valence-corrected chi connectivity index (χ2v) is 9.97. The molecule has 2 amide bonds. The number of halogens is 1. The fourth-order valence-corrected chi connectivity index (χ4v) is 5.41. The summed E-state index contributed by atoms with van der Waals surface area (Å²) >= 11 is 5.95. The van der Waals surface area contributed by atoms with E-state index in [0.29, 0.717) is 42.6 Å². The highest BCUT2D eigenvalue weighted by Gasteiger charge is 2.32. The number of anilines is 3. The van der Waals surface area contributed by atoms with E-state index in [1.165, 1.54) is 26.2 Å². The van der Waals surface area contributed by atoms with Crippen molar-refractivity contribution in [1.82, 2.24) is 4.31 Å². The lowest BCUT2D eigenvalue weighted by Gasteiger charge is -2.35. The molecule has 164 valence electrons. The summed E-state index contributed by atoms with van der Waals surface area (Å²) in [6, 6.07) is 12.0. The topological polar surface area (TPSA) is 81.2 Å². The average molecular weight is 463 g/mol. The Hall–Kier alpha value is -2.62. The van der Waals surface area contributed by atoms with Crippen molar-refractivity contribution in [2.75, 3.05) is 55.0 Å². The molecule has 0 bridgehead atoms. The van der Waals surface area contributed by atoms with Gasteiger partial charge in [0.1, 0.15) is 6.42 Å². The molecule has 2 aliphatic rings. The van der Waals surface area contributed by atoms with E-state index in [1.54, 1.807) is 20.2 Å². The van der Waals surface area contributed by atoms with Gasteiger partial charge in [-0.1, -0.05) is 11.6 Å². The Morgan fingerprint density at radius 1 is 0.806 bits per heavy atom. The smallest absolute Gasteiger partial charge is 0.243 e. The summed E-state index contributed by atoms with van der Waals surface area (Å²) in [6.07, 6.45) is -0.254. The zero-order valence-corrected chi connectivity index (χ0v) is 18.9. The van der Waals surface area contributed by atoms with Gasteiger partial charge in [0, 0.05) is 51.0 Å². The number of amides is 2. The van der Waals surface area contributed by atoms with E-state index in [9.17, 15) is 18.0 Å². The number of piperazine rings is 1. The third-order valence-electron chi connectivity index (χ3n) is 5.79. The van der Waals surface area contributed by atoms with Gasteiger partial charge in [-0.2, -0.15) is 4.31 Å². The third-order valence-corrected chi connectivity index (χ3v) is 7.94. The van der Waals surface area contributed by atoms with Crippen LogP contribution in [-0.2, 0) is 19.6 Å². The van der Waals surface area contributed by atoms with Crippen LogP contribution in [0.5, 0.6) is 0 Å². The predicted octanol–water partition coefficient (Wildman–Crippen LogP) is 2.18. The fourth-order valence-electron chi connectivity index (χ4n) is 3.84. The van der Waals surface area contributed by atoms with Crippen LogP contribution < -0.4 is 14.7 Å². The lowest BCUT2D eigenvalue weighted by molar-refractivity contribution is -0.125. The zero-order valence-electron chi connectivity index (χ0n) is 17.3. The second-order valence-electron chi connectivity index (χ2n) is 7.60. The van der Waals surface area contributed by atoms with Crippen molar-refractivity contribution < 1.29 is 18.0 Å². The number of hydrogen-bond acceptors (Lipinski definition) is 5. The van der Waals surface area contributed by atoms with Gasteiger partial charge in [0.25, 0.3) is 0 Å². The molecule has 1 fully saturated rings. The molecule has 0 spiro atoms. The number of fused-ring (bicyclic) bond motifs is 1. The zero-order chi connectivity index (χ0) is 22.3. The minimum Gasteiger partial charge on any atom is -0.369 e. The number of benzene rings is 2. The van der Waals surface area contributed by atoms with Crippen LogP contribution in [0.4, 0.5) is 17.1 Å². The normalized spacial score (nSPS) is 18.2. The van der Waals surface area contributed by atoms with Crippen molar-refractivity contribution >= 4 is 50.5 Å². The maximum atomic E-state index is 13.3. The van der Waals surface area contributed by atoms with Crippen LogP contribution in [0.3, 0.4) is 0 Å². The second kappa shape index (κ2) is 8.14. The van der Waals surface area contributed by atoms with Gasteiger partial charge < -0.3 is 14.7 Å². The van der Waals surface area contributed by atoms with Gasteiger partial charge in [-0.3, -0.25) is 9.59 Å². The average Bonchev–Trinajstić information content (AvgIpc) is 2.85. The summed E-state index contributed by atoms with van der Waals surface area (Å²) in [5.41, 5.74) is 1.91. The molecule has 2 aromatic rings. The van der Waals surface area contributed by atoms with Gasteiger partial charge >= 0.3 is 0 Å². The maximum absolute atomic E-state index is 13.3. The first-order valence-corrected chi connectivity index (χ1v) is 11.7. The SMILES string of the molecule is CN1C(=O)CC(=O)N(C)c2cc(S(=O)(=O)N3CCN(c4ccc(Cl)cc4)CC3)ccc21. The Morgan fingerprint density at radius 3 is 2.00 bits per heavy atom. The van der Waals surface area contributed by atoms with E-state index in [-0.39, 0.29) is 23.1 Å². The number of nitrogens with zero attached hydrogens (tertiary/aromatic N) is 4. The van der Waals surface area contributed by atoms with Gasteiger partial charge in [-0.05, 0) is 42.5 Å². The van der Waals surface area contributed by atoms with Crippen molar-refractivity contribution in [3.05, 3.63) is 47.5 Å². The van der Waals surface area contributed by atoms with Crippen molar-refractivity contribution in [1.29, 1.82) is 0 Å². The molecular formula is C21H23ClN4O4S. The minimum atomic E-state index is -3.75. The Balaban J connectivity index is 1.57. The Labute approximate surface area is 186 Å². The molecule has 2 aromatic carbocycles. The lowest BCUT2D eigenvalue weighted by Crippen LogP contribution is -2.48. The quantitative estimate of drug-likeness (QED) is 0.653. The van der Waals surface area contributed by atoms with Crippen LogP contribution >= 0.6 is 11.6 Å². The van der Waals surface area contributed by atoms with E-state index < -0.39 is 10.0 Å². The first-order chi connectivity index (χ1) is 14.7. The van der Waals surface area contributed by atoms with Crippen LogP contribution in [0.25, 0.3) is 0 Å². The number of rotatable bonds is 3. The molecular weight excluding hydrogens is 440 g/mol. The number of hydrogen-bond donors (Lipinski definition) is 0. The number of sulfonamides is 1. The van der Waals surface area contributed by atoms with E-state index in [4.69, 9.17) is 11.6 Å². The minimum absolute atomic E-state index is 0.105. The van der Waals surface area contributed by atoms with Crippen LogP contribution in [-0.4, -0.2) is 64.8 Å². The Bertz CT molecular complexity index is 1130. The Morgan fingerprint density at radius 2 is 1.39 bits per heavy atom. The van der Waals surface area contributed by atoms with Gasteiger partial charge in [0.2, 0.25) is 21.8 Å². The molecule has 8 nitrogen and oxygen atoms in total. The highest BCUT2D eigenvalue weighted by atomic mass is 35.5. The summed E-state index contributed by atoms with van der Waals surface area (Å²) in [5, 5.41) is 0.656. The lowest BCUT2D eigenvalue weighted by atomic mass is 10.2. The molecule has 0 atom stereocenters. The van der Waals surface area contributed by atoms with Crippen molar-refractivity contribution in [3.63, 3.8) is 0 Å². The fraction of sp³-hybridized carbons (Fsp3) is 0.333. The van der Waals surface area contributed by atoms with Gasteiger partial charge in [-0.15, -0.1) is 0 Å². The van der Waals surface area contributed by atoms with Crippen molar-refractivity contribution in [2.45, 2.75) is 11.3 Å². The molecule has 0 unspecified atom stereocenters. The molecule has 0 N–H and O–H groups in total. The molecule has 2 aliphatic heterocycles. The predicted molar refractivity (Wildman–Crippen MR) is 120 cm³/mol. The summed E-state index contributed by atoms with van der Waals surface area (Å²) in [6.45, 7) is 1.80. The van der Waals surface area contributed by atoms with Gasteiger partial charge in [-0.25, -0.2) is 8.42 Å². The highest BCUT2D eigenvalue weighted by molar-refractivity contribution is 7.89. The molecule has 0 aliphatic carbocycles. The van der Waals surface area contributed by atoms with E-state index >= 15 is 0 Å². The summed E-state index contributed by atoms with van der Waals surface area (Å²) in [4.78, 5) is 29.4. The van der Waals surface area contributed by atoms with Gasteiger partial charge in [0.15, 0.2) is 0 Å². The van der Waals surface area contributed by atoms with Crippen LogP contribution in [0.15, 0.2) is 47.4 Å². The van der Waals surface area contributed by atoms with E-state index in [2.05, 4.69) is 4.90 Å². The number of carbonyl (C=O) groups is 2. The largest absolute Gasteiger partial charge is 0.369 e. The number of carbonyl (C=O) groups excluding carboxylic acids is 2. The van der Waals surface area contributed by atoms with E-state index in [1.807, 2.05) is 24.3 Å². The summed E-state index contributed by atoms with van der Waals surface area (Å²) < 4.78 is 28.0. The van der Waals surface area contributed by atoms with Crippen molar-refractivity contribution in [2.24, 2.45) is 0 Å². The van der Waals surface area contributed by atoms with Crippen molar-refractivity contribution in [3.8, 4) is 0 Å². The van der Waals surface area contributed by atoms with Crippen LogP contribution in [0, 0.1) is 0 Å². The molecule has 0 saturated carbocycles. The first-order valence-electron chi connectivity index (χ1n) is 9.86. The summed E-state index contributed by atoms with van der Waals surface area (Å²) in [7, 11) is -0.616. The van der Waals surface area contributed by atoms with Crippen LogP contribution in [0.1, 0.15) is 6.42 Å². The maximum Gasteiger partial charge on any atom is 0.243 e. The molecule has 4 rings (SSSR count). The monoisotopic (exact) mass is 462 g/mol. The van der Waals surface area contributed by atoms with Crippen LogP contribution in [0.2, 0.25) is 5.02 Å². The summed E-state index contributed by atoms with van der Waals surface area (Å²) in [5.74, 6) is -0.703. The van der Waals surface area contributed by atoms with Gasteiger partial charge in [0.05, 0.1) is 16.3 Å². The Kier molecular flexibility index (Phi) is 5.67. The van der Waals surface area contributed by atoms with E-state index in [0.717, 1.165) is 5.69 Å². The molecule has 0 aromatic heterocycles. The first kappa shape index (κ1) is 21.6. The molecule has 0 radical (unpaired) electrons. The molecule has 31 heavy (non-hydrogen) atoms. The standard InChI is InChI=1S/C21H23ClN4O4S/c1-23-18-8-7-17(13-19(18)24(2)21(28)14-20(23)27)31(29,30)26-11-9-25(10-12-26)16-5-3-15(22)4-6-16/h3-8,13H,9-12,14H2,1-2H3. The molecule has 10 heteroatoms. The molecule has 2 heterocycles. The third kappa shape index (κ3) is 4.00.